The monoisotopic (exact) mass is 265 g/mol. The maximum Gasteiger partial charge on any atom is 0.142 e. The Morgan fingerprint density at radius 3 is 2.28 bits per heavy atom. The molecule has 0 bridgehead atoms. The van der Waals surface area contributed by atoms with E-state index >= 15 is 0 Å². The molecule has 18 heavy (non-hydrogen) atoms. The highest BCUT2D eigenvalue weighted by Crippen LogP contribution is 2.26. The largest absolute Gasteiger partial charge is 0.207 e. The molecule has 3 heteroatoms. The Bertz CT molecular complexity index is 564. The maximum atomic E-state index is 13.5. The fourth-order valence-electron chi connectivity index (χ4n) is 1.81. The first kappa shape index (κ1) is 13.0. The third kappa shape index (κ3) is 2.70. The summed E-state index contributed by atoms with van der Waals surface area (Å²) in [5.41, 5.74) is 2.05. The standard InChI is InChI=1S/C15H12ClF2/c1-2-3-12-8-10(5-7-14(12)17)11-4-6-13(16)15(18)9-11/h4-9H,1-3H2. The summed E-state index contributed by atoms with van der Waals surface area (Å²) >= 11 is 5.63. The van der Waals surface area contributed by atoms with E-state index in [0.29, 0.717) is 24.0 Å². The summed E-state index contributed by atoms with van der Waals surface area (Å²) in [4.78, 5) is 0. The van der Waals surface area contributed by atoms with Crippen LogP contribution in [-0.4, -0.2) is 0 Å². The average Bonchev–Trinajstić information content (AvgIpc) is 2.36. The van der Waals surface area contributed by atoms with Crippen molar-refractivity contribution in [2.75, 3.05) is 0 Å². The van der Waals surface area contributed by atoms with Gasteiger partial charge in [-0.1, -0.05) is 30.7 Å². The highest BCUT2D eigenvalue weighted by molar-refractivity contribution is 6.30. The summed E-state index contributed by atoms with van der Waals surface area (Å²) in [6, 6.07) is 9.31. The van der Waals surface area contributed by atoms with Gasteiger partial charge in [0.05, 0.1) is 5.02 Å². The molecule has 0 amide bonds. The highest BCUT2D eigenvalue weighted by Gasteiger charge is 2.07. The SMILES string of the molecule is [CH2]CCc1cc(-c2ccc(Cl)c(F)c2)ccc1F. The van der Waals surface area contributed by atoms with E-state index in [4.69, 9.17) is 11.6 Å². The van der Waals surface area contributed by atoms with Crippen molar-refractivity contribution < 1.29 is 8.78 Å². The van der Waals surface area contributed by atoms with Crippen LogP contribution in [-0.2, 0) is 6.42 Å². The van der Waals surface area contributed by atoms with E-state index in [9.17, 15) is 8.78 Å². The van der Waals surface area contributed by atoms with E-state index in [1.54, 1.807) is 18.2 Å². The minimum Gasteiger partial charge on any atom is -0.207 e. The normalized spacial score (nSPS) is 10.7. The number of benzene rings is 2. The molecule has 1 radical (unpaired) electrons. The Labute approximate surface area is 110 Å². The van der Waals surface area contributed by atoms with Gasteiger partial charge in [0.25, 0.3) is 0 Å². The van der Waals surface area contributed by atoms with Crippen LogP contribution in [0.1, 0.15) is 12.0 Å². The molecule has 0 nitrogen and oxygen atoms in total. The van der Waals surface area contributed by atoms with Crippen molar-refractivity contribution in [3.8, 4) is 11.1 Å². The molecule has 0 saturated heterocycles. The summed E-state index contributed by atoms with van der Waals surface area (Å²) in [6.45, 7) is 3.71. The van der Waals surface area contributed by atoms with Gasteiger partial charge in [-0.15, -0.1) is 0 Å². The molecular formula is C15H12ClF2. The van der Waals surface area contributed by atoms with E-state index < -0.39 is 5.82 Å². The lowest BCUT2D eigenvalue weighted by molar-refractivity contribution is 0.609. The van der Waals surface area contributed by atoms with Crippen LogP contribution < -0.4 is 0 Å². The number of hydrogen-bond donors (Lipinski definition) is 0. The summed E-state index contributed by atoms with van der Waals surface area (Å²) < 4.78 is 26.9. The summed E-state index contributed by atoms with van der Waals surface area (Å²) in [6.07, 6.45) is 1.19. The molecule has 0 atom stereocenters. The maximum absolute atomic E-state index is 13.5. The Morgan fingerprint density at radius 1 is 0.944 bits per heavy atom. The Kier molecular flexibility index (Phi) is 3.97. The van der Waals surface area contributed by atoms with Gasteiger partial charge in [0.15, 0.2) is 0 Å². The quantitative estimate of drug-likeness (QED) is 0.728. The van der Waals surface area contributed by atoms with Crippen LogP contribution in [0.3, 0.4) is 0 Å². The molecule has 0 aliphatic carbocycles. The smallest absolute Gasteiger partial charge is 0.142 e. The fraction of sp³-hybridized carbons (Fsp3) is 0.133. The second-order valence-corrected chi connectivity index (χ2v) is 4.45. The first-order valence-electron chi connectivity index (χ1n) is 5.65. The number of aryl methyl sites for hydroxylation is 1. The molecule has 93 valence electrons. The fourth-order valence-corrected chi connectivity index (χ4v) is 1.93. The molecule has 0 unspecified atom stereocenters. The van der Waals surface area contributed by atoms with Crippen molar-refractivity contribution in [3.63, 3.8) is 0 Å². The Morgan fingerprint density at radius 2 is 1.61 bits per heavy atom. The van der Waals surface area contributed by atoms with Crippen LogP contribution in [0, 0.1) is 18.6 Å². The highest BCUT2D eigenvalue weighted by atomic mass is 35.5. The molecule has 0 saturated carbocycles. The van der Waals surface area contributed by atoms with Gasteiger partial charge in [-0.05, 0) is 53.8 Å². The molecule has 0 aromatic heterocycles. The second kappa shape index (κ2) is 5.49. The molecule has 0 N–H and O–H groups in total. The van der Waals surface area contributed by atoms with E-state index in [2.05, 4.69) is 6.92 Å². The Balaban J connectivity index is 2.44. The molecule has 0 spiro atoms. The van der Waals surface area contributed by atoms with Gasteiger partial charge in [0, 0.05) is 0 Å². The van der Waals surface area contributed by atoms with Gasteiger partial charge in [-0.3, -0.25) is 0 Å². The summed E-state index contributed by atoms with van der Waals surface area (Å²) in [5, 5.41) is 0.0823. The zero-order chi connectivity index (χ0) is 13.1. The van der Waals surface area contributed by atoms with Gasteiger partial charge >= 0.3 is 0 Å². The lowest BCUT2D eigenvalue weighted by Crippen LogP contribution is -1.91. The number of hydrogen-bond acceptors (Lipinski definition) is 0. The molecule has 0 heterocycles. The predicted molar refractivity (Wildman–Crippen MR) is 70.5 cm³/mol. The molecule has 0 aliphatic heterocycles. The minimum absolute atomic E-state index is 0.0823. The van der Waals surface area contributed by atoms with Crippen molar-refractivity contribution in [2.45, 2.75) is 12.8 Å². The molecular weight excluding hydrogens is 254 g/mol. The third-order valence-corrected chi connectivity index (χ3v) is 3.05. The third-order valence-electron chi connectivity index (χ3n) is 2.74. The van der Waals surface area contributed by atoms with Crippen LogP contribution in [0.4, 0.5) is 8.78 Å². The zero-order valence-corrected chi connectivity index (χ0v) is 10.5. The summed E-state index contributed by atoms with van der Waals surface area (Å²) in [5.74, 6) is -0.728. The van der Waals surface area contributed by atoms with Crippen LogP contribution in [0.5, 0.6) is 0 Å². The number of rotatable bonds is 3. The van der Waals surface area contributed by atoms with Crippen LogP contribution in [0.25, 0.3) is 11.1 Å². The van der Waals surface area contributed by atoms with Crippen molar-refractivity contribution in [2.24, 2.45) is 0 Å². The molecule has 2 aromatic carbocycles. The predicted octanol–water partition coefficient (Wildman–Crippen LogP) is 5.05. The van der Waals surface area contributed by atoms with Crippen molar-refractivity contribution in [1.29, 1.82) is 0 Å². The Hall–Kier alpha value is -1.41. The second-order valence-electron chi connectivity index (χ2n) is 4.04. The molecule has 0 aliphatic rings. The first-order chi connectivity index (χ1) is 8.61. The molecule has 2 aromatic rings. The van der Waals surface area contributed by atoms with E-state index in [1.165, 1.54) is 18.2 Å². The lowest BCUT2D eigenvalue weighted by Gasteiger charge is -2.07. The topological polar surface area (TPSA) is 0 Å². The van der Waals surface area contributed by atoms with Crippen molar-refractivity contribution >= 4 is 11.6 Å². The van der Waals surface area contributed by atoms with E-state index in [-0.39, 0.29) is 10.8 Å². The van der Waals surface area contributed by atoms with Crippen LogP contribution >= 0.6 is 11.6 Å². The average molecular weight is 266 g/mol. The molecule has 2 rings (SSSR count). The van der Waals surface area contributed by atoms with Gasteiger partial charge in [-0.25, -0.2) is 8.78 Å². The first-order valence-corrected chi connectivity index (χ1v) is 6.02. The van der Waals surface area contributed by atoms with Crippen LogP contribution in [0.15, 0.2) is 36.4 Å². The zero-order valence-electron chi connectivity index (χ0n) is 9.72. The van der Waals surface area contributed by atoms with Crippen molar-refractivity contribution in [1.82, 2.24) is 0 Å². The lowest BCUT2D eigenvalue weighted by atomic mass is 10.0. The van der Waals surface area contributed by atoms with Gasteiger partial charge in [-0.2, -0.15) is 0 Å². The van der Waals surface area contributed by atoms with Gasteiger partial charge in [0.1, 0.15) is 11.6 Å². The minimum atomic E-state index is -0.475. The van der Waals surface area contributed by atoms with E-state index in [0.717, 1.165) is 5.56 Å². The van der Waals surface area contributed by atoms with Gasteiger partial charge < -0.3 is 0 Å². The summed E-state index contributed by atoms with van der Waals surface area (Å²) in [7, 11) is 0. The molecule has 0 fully saturated rings. The van der Waals surface area contributed by atoms with Crippen molar-refractivity contribution in [3.05, 3.63) is 65.5 Å². The van der Waals surface area contributed by atoms with Crippen LogP contribution in [0.2, 0.25) is 5.02 Å². The van der Waals surface area contributed by atoms with E-state index in [1.807, 2.05) is 0 Å². The van der Waals surface area contributed by atoms with Gasteiger partial charge in [0.2, 0.25) is 0 Å². The number of halogens is 3.